The summed E-state index contributed by atoms with van der Waals surface area (Å²) < 4.78 is 12.7. The summed E-state index contributed by atoms with van der Waals surface area (Å²) in [5.41, 5.74) is 1.11. The summed E-state index contributed by atoms with van der Waals surface area (Å²) in [7, 11) is 1.61. The molecule has 0 atom stereocenters. The monoisotopic (exact) mass is 166 g/mol. The lowest BCUT2D eigenvalue weighted by Gasteiger charge is -1.99. The molecular weight excluding hydrogens is 158 g/mol. The highest BCUT2D eigenvalue weighted by molar-refractivity contribution is 6.32. The van der Waals surface area contributed by atoms with E-state index in [1.165, 1.54) is 12.1 Å². The Hall–Kier alpha value is -1.32. The SMILES string of the molecule is Bc1cc(CC(=O)O)ccc1F. The number of hydrogen-bond donors (Lipinski definition) is 1. The van der Waals surface area contributed by atoms with Crippen LogP contribution in [0.3, 0.4) is 0 Å². The average molecular weight is 166 g/mol. The van der Waals surface area contributed by atoms with Crippen LogP contribution in [0.15, 0.2) is 18.2 Å². The van der Waals surface area contributed by atoms with Crippen LogP contribution in [0.2, 0.25) is 0 Å². The van der Waals surface area contributed by atoms with Gasteiger partial charge in [-0.05, 0) is 11.6 Å². The second kappa shape index (κ2) is 3.39. The van der Waals surface area contributed by atoms with E-state index in [4.69, 9.17) is 5.11 Å². The molecule has 12 heavy (non-hydrogen) atoms. The second-order valence-corrected chi connectivity index (χ2v) is 2.65. The summed E-state index contributed by atoms with van der Waals surface area (Å²) in [4.78, 5) is 10.3. The van der Waals surface area contributed by atoms with E-state index >= 15 is 0 Å². The van der Waals surface area contributed by atoms with Crippen LogP contribution in [0, 0.1) is 5.82 Å². The van der Waals surface area contributed by atoms with Gasteiger partial charge in [-0.25, -0.2) is 4.39 Å². The normalized spacial score (nSPS) is 9.75. The van der Waals surface area contributed by atoms with Gasteiger partial charge in [-0.3, -0.25) is 4.79 Å². The lowest BCUT2D eigenvalue weighted by Crippen LogP contribution is -2.10. The summed E-state index contributed by atoms with van der Waals surface area (Å²) in [6.07, 6.45) is -0.0544. The maximum atomic E-state index is 12.7. The number of benzene rings is 1. The van der Waals surface area contributed by atoms with Crippen LogP contribution in [-0.4, -0.2) is 18.9 Å². The third-order valence-corrected chi connectivity index (χ3v) is 1.58. The molecule has 0 unspecified atom stereocenters. The van der Waals surface area contributed by atoms with E-state index in [1.54, 1.807) is 13.9 Å². The van der Waals surface area contributed by atoms with Crippen LogP contribution in [0.25, 0.3) is 0 Å². The van der Waals surface area contributed by atoms with Gasteiger partial charge < -0.3 is 5.11 Å². The van der Waals surface area contributed by atoms with Crippen molar-refractivity contribution >= 4 is 19.3 Å². The van der Waals surface area contributed by atoms with Crippen LogP contribution in [0.5, 0.6) is 0 Å². The highest BCUT2D eigenvalue weighted by Crippen LogP contribution is 2.00. The quantitative estimate of drug-likeness (QED) is 0.613. The molecule has 0 aliphatic heterocycles. The number of carboxylic acids is 1. The number of halogens is 1. The Bertz CT molecular complexity index is 312. The molecule has 0 saturated carbocycles. The molecule has 0 aromatic heterocycles. The zero-order valence-corrected chi connectivity index (χ0v) is 6.67. The topological polar surface area (TPSA) is 37.3 Å². The summed E-state index contributed by atoms with van der Waals surface area (Å²) in [5.74, 6) is -1.20. The van der Waals surface area contributed by atoms with Crippen molar-refractivity contribution in [2.75, 3.05) is 0 Å². The molecule has 2 nitrogen and oxygen atoms in total. The standard InChI is InChI=1S/C8H8BFO2/c9-6-3-5(4-8(11)12)1-2-7(6)10/h1-3H,4,9H2,(H,11,12). The molecule has 1 aromatic carbocycles. The van der Waals surface area contributed by atoms with Crippen molar-refractivity contribution < 1.29 is 14.3 Å². The highest BCUT2D eigenvalue weighted by atomic mass is 19.1. The molecule has 0 bridgehead atoms. The Morgan fingerprint density at radius 1 is 1.58 bits per heavy atom. The van der Waals surface area contributed by atoms with Crippen LogP contribution in [0.1, 0.15) is 5.56 Å². The van der Waals surface area contributed by atoms with Crippen molar-refractivity contribution in [2.24, 2.45) is 0 Å². The Balaban J connectivity index is 2.89. The fraction of sp³-hybridized carbons (Fsp3) is 0.125. The first-order valence-corrected chi connectivity index (χ1v) is 3.56. The number of hydrogen-bond acceptors (Lipinski definition) is 1. The van der Waals surface area contributed by atoms with E-state index in [9.17, 15) is 9.18 Å². The largest absolute Gasteiger partial charge is 0.481 e. The second-order valence-electron chi connectivity index (χ2n) is 2.65. The van der Waals surface area contributed by atoms with Crippen LogP contribution >= 0.6 is 0 Å². The van der Waals surface area contributed by atoms with Gasteiger partial charge in [0.05, 0.1) is 6.42 Å². The van der Waals surface area contributed by atoms with Gasteiger partial charge in [-0.1, -0.05) is 17.6 Å². The lowest BCUT2D eigenvalue weighted by atomic mass is 9.93. The first-order chi connectivity index (χ1) is 5.59. The van der Waals surface area contributed by atoms with Crippen LogP contribution < -0.4 is 5.46 Å². The maximum Gasteiger partial charge on any atom is 0.307 e. The van der Waals surface area contributed by atoms with Crippen molar-refractivity contribution in [1.29, 1.82) is 0 Å². The summed E-state index contributed by atoms with van der Waals surface area (Å²) in [6.45, 7) is 0. The number of carboxylic acid groups (broad SMARTS) is 1. The van der Waals surface area contributed by atoms with Gasteiger partial charge in [-0.15, -0.1) is 0 Å². The molecule has 62 valence electrons. The molecule has 4 heteroatoms. The van der Waals surface area contributed by atoms with Crippen LogP contribution in [-0.2, 0) is 11.2 Å². The van der Waals surface area contributed by atoms with Gasteiger partial charge in [0, 0.05) is 0 Å². The number of rotatable bonds is 2. The number of aliphatic carboxylic acids is 1. The van der Waals surface area contributed by atoms with E-state index in [0.29, 0.717) is 11.0 Å². The molecule has 0 amide bonds. The van der Waals surface area contributed by atoms with E-state index < -0.39 is 5.97 Å². The van der Waals surface area contributed by atoms with Gasteiger partial charge in [0.1, 0.15) is 13.7 Å². The average Bonchev–Trinajstić information content (AvgIpc) is 1.96. The van der Waals surface area contributed by atoms with Gasteiger partial charge in [0.2, 0.25) is 0 Å². The molecule has 0 spiro atoms. The minimum atomic E-state index is -0.902. The third-order valence-electron chi connectivity index (χ3n) is 1.58. The van der Waals surface area contributed by atoms with E-state index in [2.05, 4.69) is 0 Å². The van der Waals surface area contributed by atoms with Gasteiger partial charge >= 0.3 is 5.97 Å². The molecular formula is C8H8BFO2. The Kier molecular flexibility index (Phi) is 2.48. The minimum absolute atomic E-state index is 0.0544. The van der Waals surface area contributed by atoms with Crippen molar-refractivity contribution in [1.82, 2.24) is 0 Å². The zero-order valence-electron chi connectivity index (χ0n) is 6.67. The first kappa shape index (κ1) is 8.78. The molecule has 0 fully saturated rings. The third kappa shape index (κ3) is 2.08. The molecule has 1 aromatic rings. The molecule has 0 heterocycles. The maximum absolute atomic E-state index is 12.7. The van der Waals surface area contributed by atoms with Gasteiger partial charge in [0.25, 0.3) is 0 Å². The van der Waals surface area contributed by atoms with Gasteiger partial charge in [0.15, 0.2) is 0 Å². The Morgan fingerprint density at radius 2 is 2.25 bits per heavy atom. The lowest BCUT2D eigenvalue weighted by molar-refractivity contribution is -0.136. The summed E-state index contributed by atoms with van der Waals surface area (Å²) >= 11 is 0. The van der Waals surface area contributed by atoms with Crippen molar-refractivity contribution in [2.45, 2.75) is 6.42 Å². The predicted molar refractivity (Wildman–Crippen MR) is 45.9 cm³/mol. The van der Waals surface area contributed by atoms with E-state index in [1.807, 2.05) is 0 Å². The first-order valence-electron chi connectivity index (χ1n) is 3.56. The summed E-state index contributed by atoms with van der Waals surface area (Å²) in [5, 5.41) is 8.43. The minimum Gasteiger partial charge on any atom is -0.481 e. The Labute approximate surface area is 70.4 Å². The smallest absolute Gasteiger partial charge is 0.307 e. The van der Waals surface area contributed by atoms with Crippen LogP contribution in [0.4, 0.5) is 4.39 Å². The molecule has 0 radical (unpaired) electrons. The predicted octanol–water partition coefficient (Wildman–Crippen LogP) is -0.289. The van der Waals surface area contributed by atoms with Crippen molar-refractivity contribution in [3.63, 3.8) is 0 Å². The Morgan fingerprint density at radius 3 is 2.75 bits per heavy atom. The van der Waals surface area contributed by atoms with E-state index in [0.717, 1.165) is 0 Å². The van der Waals surface area contributed by atoms with Gasteiger partial charge in [-0.2, -0.15) is 0 Å². The number of carbonyl (C=O) groups is 1. The molecule has 1 rings (SSSR count). The molecule has 0 saturated heterocycles. The van der Waals surface area contributed by atoms with Crippen molar-refractivity contribution in [3.8, 4) is 0 Å². The highest BCUT2D eigenvalue weighted by Gasteiger charge is 2.02. The molecule has 0 aliphatic carbocycles. The van der Waals surface area contributed by atoms with Crippen molar-refractivity contribution in [3.05, 3.63) is 29.6 Å². The van der Waals surface area contributed by atoms with E-state index in [-0.39, 0.29) is 12.2 Å². The molecule has 0 aliphatic rings. The fourth-order valence-corrected chi connectivity index (χ4v) is 0.991. The molecule has 1 N–H and O–H groups in total. The fourth-order valence-electron chi connectivity index (χ4n) is 0.991. The zero-order chi connectivity index (χ0) is 9.14. The summed E-state index contributed by atoms with van der Waals surface area (Å²) in [6, 6.07) is 4.31.